The Morgan fingerprint density at radius 2 is 1.86 bits per heavy atom. The fourth-order valence-electron chi connectivity index (χ4n) is 1.62. The van der Waals surface area contributed by atoms with Crippen molar-refractivity contribution < 1.29 is 8.83 Å². The van der Waals surface area contributed by atoms with Crippen molar-refractivity contribution in [1.82, 2.24) is 20.4 Å². The number of aryl methyl sites for hydroxylation is 1. The van der Waals surface area contributed by atoms with Crippen molar-refractivity contribution in [3.05, 3.63) is 41.1 Å². The van der Waals surface area contributed by atoms with E-state index in [2.05, 4.69) is 20.4 Å². The Bertz CT molecular complexity index is 743. The Hall–Kier alpha value is -1.86. The molecule has 8 heteroatoms. The summed E-state index contributed by atoms with van der Waals surface area (Å²) in [6, 6.07) is 7.32. The summed E-state index contributed by atoms with van der Waals surface area (Å²) in [6.07, 6.45) is 0.713. The summed E-state index contributed by atoms with van der Waals surface area (Å²) < 4.78 is 11.0. The summed E-state index contributed by atoms with van der Waals surface area (Å²) in [5.74, 6) is 1.95. The van der Waals surface area contributed by atoms with Crippen molar-refractivity contribution in [2.24, 2.45) is 0 Å². The molecule has 0 bridgehead atoms. The summed E-state index contributed by atoms with van der Waals surface area (Å²) in [7, 11) is 0. The van der Waals surface area contributed by atoms with E-state index in [1.807, 2.05) is 25.1 Å². The zero-order chi connectivity index (χ0) is 14.7. The SMILES string of the molecule is CCc1nnc(SCc2nnc(-c3ccccc3Cl)o2)o1. The number of thioether (sulfide) groups is 1. The Balaban J connectivity index is 1.69. The fourth-order valence-corrected chi connectivity index (χ4v) is 2.45. The van der Waals surface area contributed by atoms with Crippen LogP contribution in [0.4, 0.5) is 0 Å². The molecule has 0 aliphatic carbocycles. The van der Waals surface area contributed by atoms with E-state index in [1.165, 1.54) is 11.8 Å². The number of aromatic nitrogens is 4. The Kier molecular flexibility index (Phi) is 4.21. The molecule has 21 heavy (non-hydrogen) atoms. The lowest BCUT2D eigenvalue weighted by Crippen LogP contribution is -1.80. The molecule has 3 aromatic rings. The van der Waals surface area contributed by atoms with Crippen LogP contribution in [0.1, 0.15) is 18.7 Å². The predicted molar refractivity (Wildman–Crippen MR) is 78.0 cm³/mol. The van der Waals surface area contributed by atoms with E-state index in [1.54, 1.807) is 6.07 Å². The first kappa shape index (κ1) is 14.1. The second-order valence-corrected chi connectivity index (χ2v) is 5.42. The maximum absolute atomic E-state index is 6.09. The molecule has 3 rings (SSSR count). The number of halogens is 1. The first-order valence-electron chi connectivity index (χ1n) is 6.28. The highest BCUT2D eigenvalue weighted by molar-refractivity contribution is 7.98. The van der Waals surface area contributed by atoms with Gasteiger partial charge in [0, 0.05) is 6.42 Å². The van der Waals surface area contributed by atoms with E-state index in [0.29, 0.717) is 45.7 Å². The van der Waals surface area contributed by atoms with Gasteiger partial charge in [0.15, 0.2) is 0 Å². The van der Waals surface area contributed by atoms with Crippen molar-refractivity contribution in [1.29, 1.82) is 0 Å². The van der Waals surface area contributed by atoms with Crippen LogP contribution < -0.4 is 0 Å². The number of hydrogen-bond acceptors (Lipinski definition) is 7. The van der Waals surface area contributed by atoms with Gasteiger partial charge in [0.2, 0.25) is 17.7 Å². The van der Waals surface area contributed by atoms with Crippen LogP contribution in [-0.2, 0) is 12.2 Å². The lowest BCUT2D eigenvalue weighted by atomic mass is 10.2. The fraction of sp³-hybridized carbons (Fsp3) is 0.231. The lowest BCUT2D eigenvalue weighted by Gasteiger charge is -1.96. The molecule has 0 amide bonds. The number of hydrogen-bond donors (Lipinski definition) is 0. The highest BCUT2D eigenvalue weighted by atomic mass is 35.5. The molecule has 1 aromatic carbocycles. The second kappa shape index (κ2) is 6.28. The van der Waals surface area contributed by atoms with E-state index in [9.17, 15) is 0 Å². The predicted octanol–water partition coefficient (Wildman–Crippen LogP) is 3.63. The summed E-state index contributed by atoms with van der Waals surface area (Å²) in [4.78, 5) is 0. The highest BCUT2D eigenvalue weighted by Gasteiger charge is 2.13. The van der Waals surface area contributed by atoms with Crippen LogP contribution in [0.5, 0.6) is 0 Å². The zero-order valence-corrected chi connectivity index (χ0v) is 12.7. The van der Waals surface area contributed by atoms with Crippen molar-refractivity contribution in [3.63, 3.8) is 0 Å². The van der Waals surface area contributed by atoms with Crippen LogP contribution in [0, 0.1) is 0 Å². The van der Waals surface area contributed by atoms with Crippen molar-refractivity contribution in [2.75, 3.05) is 0 Å². The first-order valence-corrected chi connectivity index (χ1v) is 7.65. The standard InChI is InChI=1S/C13H11ClN4O2S/c1-2-10-15-18-13(20-10)21-7-11-16-17-12(19-11)8-5-3-4-6-9(8)14/h3-6H,2,7H2,1H3. The normalized spacial score (nSPS) is 11.0. The molecule has 2 heterocycles. The van der Waals surface area contributed by atoms with E-state index in [-0.39, 0.29) is 0 Å². The molecule has 0 spiro atoms. The average Bonchev–Trinajstić information content (AvgIpc) is 3.14. The molecule has 0 unspecified atom stereocenters. The van der Waals surface area contributed by atoms with Gasteiger partial charge in [-0.05, 0) is 12.1 Å². The molecule has 108 valence electrons. The topological polar surface area (TPSA) is 77.8 Å². The monoisotopic (exact) mass is 322 g/mol. The highest BCUT2D eigenvalue weighted by Crippen LogP contribution is 2.28. The smallest absolute Gasteiger partial charge is 0.277 e. The minimum Gasteiger partial charge on any atom is -0.420 e. The van der Waals surface area contributed by atoms with Crippen molar-refractivity contribution in [2.45, 2.75) is 24.3 Å². The van der Waals surface area contributed by atoms with Crippen LogP contribution >= 0.6 is 23.4 Å². The van der Waals surface area contributed by atoms with Gasteiger partial charge in [-0.25, -0.2) is 0 Å². The van der Waals surface area contributed by atoms with Gasteiger partial charge in [0.1, 0.15) is 0 Å². The third-order valence-electron chi connectivity index (χ3n) is 2.64. The molecule has 0 atom stereocenters. The van der Waals surface area contributed by atoms with Crippen LogP contribution in [0.3, 0.4) is 0 Å². The first-order chi connectivity index (χ1) is 10.3. The second-order valence-electron chi connectivity index (χ2n) is 4.08. The molecule has 0 saturated heterocycles. The molecule has 2 aromatic heterocycles. The van der Waals surface area contributed by atoms with Gasteiger partial charge in [-0.15, -0.1) is 20.4 Å². The summed E-state index contributed by atoms with van der Waals surface area (Å²) in [5.41, 5.74) is 0.717. The Morgan fingerprint density at radius 3 is 2.62 bits per heavy atom. The number of rotatable bonds is 5. The summed E-state index contributed by atoms with van der Waals surface area (Å²) in [5, 5.41) is 16.9. The minimum atomic E-state index is 0.399. The van der Waals surface area contributed by atoms with Crippen LogP contribution in [0.25, 0.3) is 11.5 Å². The van der Waals surface area contributed by atoms with E-state index in [0.717, 1.165) is 0 Å². The number of benzene rings is 1. The summed E-state index contributed by atoms with van der Waals surface area (Å²) >= 11 is 7.45. The van der Waals surface area contributed by atoms with Crippen molar-refractivity contribution >= 4 is 23.4 Å². The molecule has 0 fully saturated rings. The van der Waals surface area contributed by atoms with Gasteiger partial charge in [0.25, 0.3) is 5.22 Å². The van der Waals surface area contributed by atoms with Gasteiger partial charge in [-0.2, -0.15) is 0 Å². The third kappa shape index (κ3) is 3.25. The maximum Gasteiger partial charge on any atom is 0.277 e. The van der Waals surface area contributed by atoms with E-state index >= 15 is 0 Å². The molecule has 0 saturated carbocycles. The Labute approximate surface area is 129 Å². The minimum absolute atomic E-state index is 0.399. The lowest BCUT2D eigenvalue weighted by molar-refractivity contribution is 0.416. The molecule has 0 aliphatic rings. The van der Waals surface area contributed by atoms with Crippen LogP contribution in [0.15, 0.2) is 38.3 Å². The van der Waals surface area contributed by atoms with Gasteiger partial charge < -0.3 is 8.83 Å². The molecular weight excluding hydrogens is 312 g/mol. The average molecular weight is 323 g/mol. The third-order valence-corrected chi connectivity index (χ3v) is 3.77. The molecule has 0 N–H and O–H groups in total. The van der Waals surface area contributed by atoms with Gasteiger partial charge in [-0.3, -0.25) is 0 Å². The quantitative estimate of drug-likeness (QED) is 0.664. The largest absolute Gasteiger partial charge is 0.420 e. The summed E-state index contributed by atoms with van der Waals surface area (Å²) in [6.45, 7) is 1.95. The number of nitrogens with zero attached hydrogens (tertiary/aromatic N) is 4. The molecular formula is C13H11ClN4O2S. The van der Waals surface area contributed by atoms with Crippen molar-refractivity contribution in [3.8, 4) is 11.5 Å². The van der Waals surface area contributed by atoms with E-state index in [4.69, 9.17) is 20.4 Å². The Morgan fingerprint density at radius 1 is 1.05 bits per heavy atom. The molecule has 0 radical (unpaired) electrons. The van der Waals surface area contributed by atoms with Crippen LogP contribution in [-0.4, -0.2) is 20.4 Å². The van der Waals surface area contributed by atoms with Gasteiger partial charge in [-0.1, -0.05) is 42.4 Å². The zero-order valence-electron chi connectivity index (χ0n) is 11.1. The molecule has 0 aliphatic heterocycles. The van der Waals surface area contributed by atoms with Gasteiger partial charge >= 0.3 is 0 Å². The molecule has 6 nitrogen and oxygen atoms in total. The van der Waals surface area contributed by atoms with E-state index < -0.39 is 0 Å². The maximum atomic E-state index is 6.09. The van der Waals surface area contributed by atoms with Crippen LogP contribution in [0.2, 0.25) is 5.02 Å². The van der Waals surface area contributed by atoms with Gasteiger partial charge in [0.05, 0.1) is 16.3 Å².